The van der Waals surface area contributed by atoms with E-state index in [1.807, 2.05) is 6.20 Å². The van der Waals surface area contributed by atoms with Gasteiger partial charge in [0.15, 0.2) is 5.13 Å². The molecule has 0 spiro atoms. The van der Waals surface area contributed by atoms with Crippen molar-refractivity contribution in [3.05, 3.63) is 46.5 Å². The summed E-state index contributed by atoms with van der Waals surface area (Å²) in [6.07, 6.45) is 4.89. The summed E-state index contributed by atoms with van der Waals surface area (Å²) in [4.78, 5) is 34.1. The van der Waals surface area contributed by atoms with E-state index in [-0.39, 0.29) is 11.8 Å². The summed E-state index contributed by atoms with van der Waals surface area (Å²) in [7, 11) is 0. The van der Waals surface area contributed by atoms with E-state index in [1.54, 1.807) is 0 Å². The van der Waals surface area contributed by atoms with Crippen LogP contribution in [0.2, 0.25) is 0 Å². The number of thiazole rings is 1. The predicted octanol–water partition coefficient (Wildman–Crippen LogP) is 1.88. The first-order valence-corrected chi connectivity index (χ1v) is 11.4. The molecule has 0 unspecified atom stereocenters. The molecule has 2 aromatic rings. The number of carbonyl (C=O) groups is 2. The molecule has 2 aliphatic rings. The molecule has 8 heteroatoms. The minimum Gasteiger partial charge on any atom is -0.352 e. The van der Waals surface area contributed by atoms with Crippen LogP contribution >= 0.6 is 11.3 Å². The normalized spacial score (nSPS) is 17.6. The highest BCUT2D eigenvalue weighted by Gasteiger charge is 2.25. The molecule has 0 radical (unpaired) electrons. The van der Waals surface area contributed by atoms with E-state index in [4.69, 9.17) is 0 Å². The molecule has 2 fully saturated rings. The average molecular weight is 428 g/mol. The third-order valence-corrected chi connectivity index (χ3v) is 6.32. The van der Waals surface area contributed by atoms with Gasteiger partial charge in [0.2, 0.25) is 11.8 Å². The summed E-state index contributed by atoms with van der Waals surface area (Å²) < 4.78 is 0. The first-order chi connectivity index (χ1) is 14.5. The van der Waals surface area contributed by atoms with Gasteiger partial charge < -0.3 is 10.6 Å². The third kappa shape index (κ3) is 6.35. The van der Waals surface area contributed by atoms with Crippen LogP contribution < -0.4 is 10.6 Å². The largest absolute Gasteiger partial charge is 0.352 e. The Morgan fingerprint density at radius 1 is 1.10 bits per heavy atom. The monoisotopic (exact) mass is 427 g/mol. The molecule has 160 valence electrons. The van der Waals surface area contributed by atoms with Gasteiger partial charge in [0.1, 0.15) is 0 Å². The van der Waals surface area contributed by atoms with Gasteiger partial charge in [-0.1, -0.05) is 29.8 Å². The molecule has 1 saturated heterocycles. The lowest BCUT2D eigenvalue weighted by Crippen LogP contribution is -2.51. The number of aromatic nitrogens is 1. The molecule has 2 amide bonds. The van der Waals surface area contributed by atoms with Crippen LogP contribution in [-0.4, -0.2) is 71.9 Å². The minimum absolute atomic E-state index is 0.0358. The number of nitrogens with one attached hydrogen (secondary N) is 2. The van der Waals surface area contributed by atoms with Crippen LogP contribution in [0.5, 0.6) is 0 Å². The van der Waals surface area contributed by atoms with Crippen molar-refractivity contribution in [1.82, 2.24) is 20.1 Å². The summed E-state index contributed by atoms with van der Waals surface area (Å²) >= 11 is 1.53. The molecule has 1 saturated carbocycles. The number of hydrogen-bond acceptors (Lipinski definition) is 6. The number of nitrogens with zero attached hydrogens (tertiary/aromatic N) is 3. The quantitative estimate of drug-likeness (QED) is 0.673. The van der Waals surface area contributed by atoms with Crippen molar-refractivity contribution in [2.75, 3.05) is 44.6 Å². The Kier molecular flexibility index (Phi) is 6.76. The highest BCUT2D eigenvalue weighted by molar-refractivity contribution is 7.15. The Hall–Kier alpha value is -2.29. The second kappa shape index (κ2) is 9.68. The van der Waals surface area contributed by atoms with Gasteiger partial charge in [-0.15, -0.1) is 11.3 Å². The van der Waals surface area contributed by atoms with Crippen LogP contribution in [0.3, 0.4) is 0 Å². The second-order valence-electron chi connectivity index (χ2n) is 8.24. The molecule has 4 rings (SSSR count). The Morgan fingerprint density at radius 2 is 1.80 bits per heavy atom. The summed E-state index contributed by atoms with van der Waals surface area (Å²) in [6, 6.07) is 8.84. The SMILES string of the molecule is Cc1cccc(Cc2cnc(NC(=O)CN3CCN(CC(=O)NC4CC4)CC3)s2)c1. The first kappa shape index (κ1) is 21.0. The van der Waals surface area contributed by atoms with E-state index in [9.17, 15) is 9.59 Å². The third-order valence-electron chi connectivity index (χ3n) is 5.40. The zero-order valence-corrected chi connectivity index (χ0v) is 18.2. The van der Waals surface area contributed by atoms with Gasteiger partial charge in [0.05, 0.1) is 13.1 Å². The van der Waals surface area contributed by atoms with Gasteiger partial charge in [-0.25, -0.2) is 4.98 Å². The van der Waals surface area contributed by atoms with Gasteiger partial charge in [-0.05, 0) is 25.3 Å². The van der Waals surface area contributed by atoms with Gasteiger partial charge in [-0.2, -0.15) is 0 Å². The molecular formula is C22H29N5O2S. The van der Waals surface area contributed by atoms with Crippen LogP contribution in [0, 0.1) is 6.92 Å². The smallest absolute Gasteiger partial charge is 0.240 e. The number of rotatable bonds is 8. The molecule has 1 aliphatic carbocycles. The number of aryl methyl sites for hydroxylation is 1. The van der Waals surface area contributed by atoms with Crippen LogP contribution in [0.4, 0.5) is 5.13 Å². The van der Waals surface area contributed by atoms with E-state index in [1.165, 1.54) is 22.5 Å². The Bertz CT molecular complexity index is 887. The fourth-order valence-electron chi connectivity index (χ4n) is 3.64. The fourth-order valence-corrected chi connectivity index (χ4v) is 4.50. The van der Waals surface area contributed by atoms with E-state index in [2.05, 4.69) is 56.6 Å². The van der Waals surface area contributed by atoms with Crippen molar-refractivity contribution < 1.29 is 9.59 Å². The Labute approximate surface area is 181 Å². The molecule has 30 heavy (non-hydrogen) atoms. The van der Waals surface area contributed by atoms with Crippen molar-refractivity contribution in [3.63, 3.8) is 0 Å². The summed E-state index contributed by atoms with van der Waals surface area (Å²) in [5.41, 5.74) is 2.49. The molecule has 1 aliphatic heterocycles. The van der Waals surface area contributed by atoms with Gasteiger partial charge in [0, 0.05) is 49.7 Å². The van der Waals surface area contributed by atoms with Crippen molar-refractivity contribution in [2.45, 2.75) is 32.2 Å². The standard InChI is InChI=1S/C22H29N5O2S/c1-16-3-2-4-17(11-16)12-19-13-23-22(30-19)25-21(29)15-27-9-7-26(8-10-27)14-20(28)24-18-5-6-18/h2-4,11,13,18H,5-10,12,14-15H2,1H3,(H,24,28)(H,23,25,29). The number of benzene rings is 1. The lowest BCUT2D eigenvalue weighted by molar-refractivity contribution is -0.123. The lowest BCUT2D eigenvalue weighted by Gasteiger charge is -2.33. The molecule has 2 heterocycles. The number of anilines is 1. The van der Waals surface area contributed by atoms with Crippen molar-refractivity contribution >= 4 is 28.3 Å². The zero-order chi connectivity index (χ0) is 20.9. The van der Waals surface area contributed by atoms with E-state index >= 15 is 0 Å². The Balaban J connectivity index is 1.18. The first-order valence-electron chi connectivity index (χ1n) is 10.6. The maximum Gasteiger partial charge on any atom is 0.240 e. The van der Waals surface area contributed by atoms with Gasteiger partial charge >= 0.3 is 0 Å². The highest BCUT2D eigenvalue weighted by Crippen LogP contribution is 2.22. The second-order valence-corrected chi connectivity index (χ2v) is 9.36. The molecule has 7 nitrogen and oxygen atoms in total. The molecule has 1 aromatic carbocycles. The maximum absolute atomic E-state index is 12.4. The van der Waals surface area contributed by atoms with Crippen LogP contribution in [-0.2, 0) is 16.0 Å². The minimum atomic E-state index is -0.0358. The average Bonchev–Trinajstić information content (AvgIpc) is 3.41. The molecule has 1 aromatic heterocycles. The van der Waals surface area contributed by atoms with E-state index in [0.717, 1.165) is 50.3 Å². The number of carbonyl (C=O) groups excluding carboxylic acids is 2. The lowest BCUT2D eigenvalue weighted by atomic mass is 10.1. The van der Waals surface area contributed by atoms with Crippen molar-refractivity contribution in [2.24, 2.45) is 0 Å². The van der Waals surface area contributed by atoms with Crippen molar-refractivity contribution in [1.29, 1.82) is 0 Å². The molecule has 0 atom stereocenters. The van der Waals surface area contributed by atoms with Crippen molar-refractivity contribution in [3.8, 4) is 0 Å². The molecular weight excluding hydrogens is 398 g/mol. The van der Waals surface area contributed by atoms with E-state index in [0.29, 0.717) is 24.3 Å². The van der Waals surface area contributed by atoms with Gasteiger partial charge in [-0.3, -0.25) is 19.4 Å². The summed E-state index contributed by atoms with van der Waals surface area (Å²) in [5.74, 6) is 0.0836. The number of hydrogen-bond donors (Lipinski definition) is 2. The number of piperazine rings is 1. The highest BCUT2D eigenvalue weighted by atomic mass is 32.1. The van der Waals surface area contributed by atoms with Crippen LogP contribution in [0.25, 0.3) is 0 Å². The molecule has 0 bridgehead atoms. The fraction of sp³-hybridized carbons (Fsp3) is 0.500. The Morgan fingerprint density at radius 3 is 2.47 bits per heavy atom. The topological polar surface area (TPSA) is 77.6 Å². The zero-order valence-electron chi connectivity index (χ0n) is 17.4. The summed E-state index contributed by atoms with van der Waals surface area (Å²) in [6.45, 7) is 6.10. The summed E-state index contributed by atoms with van der Waals surface area (Å²) in [5, 5.41) is 6.61. The predicted molar refractivity (Wildman–Crippen MR) is 119 cm³/mol. The maximum atomic E-state index is 12.4. The molecule has 2 N–H and O–H groups in total. The van der Waals surface area contributed by atoms with Gasteiger partial charge in [0.25, 0.3) is 0 Å². The van der Waals surface area contributed by atoms with Crippen LogP contribution in [0.15, 0.2) is 30.5 Å². The van der Waals surface area contributed by atoms with Crippen LogP contribution in [0.1, 0.15) is 28.8 Å². The van der Waals surface area contributed by atoms with E-state index < -0.39 is 0 Å². The number of amides is 2.